The van der Waals surface area contributed by atoms with E-state index < -0.39 is 6.10 Å². The van der Waals surface area contributed by atoms with Crippen molar-refractivity contribution in [2.24, 2.45) is 0 Å². The Morgan fingerprint density at radius 3 is 2.69 bits per heavy atom. The van der Waals surface area contributed by atoms with E-state index in [1.54, 1.807) is 18.2 Å². The first-order valence-corrected chi connectivity index (χ1v) is 6.01. The Balaban J connectivity index is 3.71. The van der Waals surface area contributed by atoms with Gasteiger partial charge in [0.1, 0.15) is 0 Å². The number of hydrogen-bond acceptors (Lipinski definition) is 2. The lowest BCUT2D eigenvalue weighted by atomic mass is 10.1. The van der Waals surface area contributed by atoms with Crippen LogP contribution in [-0.2, 0) is 4.79 Å². The Morgan fingerprint density at radius 1 is 1.31 bits per heavy atom. The number of unbranched alkanes of at least 4 members (excludes halogenated alkanes) is 1. The van der Waals surface area contributed by atoms with Crippen molar-refractivity contribution in [3.8, 4) is 0 Å². The van der Waals surface area contributed by atoms with Crippen LogP contribution in [0.25, 0.3) is 0 Å². The number of nitrogens with one attached hydrogen (secondary N) is 1. The highest BCUT2D eigenvalue weighted by molar-refractivity contribution is 5.87. The van der Waals surface area contributed by atoms with Gasteiger partial charge in [-0.15, -0.1) is 0 Å². The molecule has 1 unspecified atom stereocenters. The summed E-state index contributed by atoms with van der Waals surface area (Å²) in [4.78, 5) is 11.1. The Morgan fingerprint density at radius 2 is 2.06 bits per heavy atom. The molecule has 0 radical (unpaired) electrons. The van der Waals surface area contributed by atoms with E-state index >= 15 is 0 Å². The van der Waals surface area contributed by atoms with E-state index in [0.717, 1.165) is 25.7 Å². The lowest BCUT2D eigenvalue weighted by Crippen LogP contribution is -2.21. The van der Waals surface area contributed by atoms with Crippen molar-refractivity contribution in [2.45, 2.75) is 45.6 Å². The van der Waals surface area contributed by atoms with Crippen molar-refractivity contribution >= 4 is 5.91 Å². The van der Waals surface area contributed by atoms with E-state index in [1.807, 2.05) is 6.92 Å². The Bertz CT molecular complexity index is 234. The van der Waals surface area contributed by atoms with Gasteiger partial charge in [-0.1, -0.05) is 44.9 Å². The van der Waals surface area contributed by atoms with E-state index in [2.05, 4.69) is 12.2 Å². The molecule has 3 nitrogen and oxygen atoms in total. The lowest BCUT2D eigenvalue weighted by Gasteiger charge is -2.01. The van der Waals surface area contributed by atoms with Crippen molar-refractivity contribution < 1.29 is 9.90 Å². The number of hydrogen-bond donors (Lipinski definition) is 2. The van der Waals surface area contributed by atoms with E-state index in [1.165, 1.54) is 6.08 Å². The molecule has 0 spiro atoms. The zero-order chi connectivity index (χ0) is 12.2. The topological polar surface area (TPSA) is 49.3 Å². The summed E-state index contributed by atoms with van der Waals surface area (Å²) in [5.41, 5.74) is 0. The van der Waals surface area contributed by atoms with Crippen LogP contribution in [0, 0.1) is 0 Å². The fourth-order valence-corrected chi connectivity index (χ4v) is 1.15. The van der Waals surface area contributed by atoms with Crippen LogP contribution in [0.2, 0.25) is 0 Å². The third-order valence-electron chi connectivity index (χ3n) is 2.09. The number of aliphatic hydroxyl groups excluding tert-OH is 1. The SMILES string of the molecule is CCCCC(O)C=CC=CC(=O)NCCC. The van der Waals surface area contributed by atoms with E-state index in [9.17, 15) is 9.90 Å². The summed E-state index contributed by atoms with van der Waals surface area (Å²) in [7, 11) is 0. The average molecular weight is 225 g/mol. The number of aliphatic hydroxyl groups is 1. The first-order valence-electron chi connectivity index (χ1n) is 6.01. The number of amides is 1. The molecule has 16 heavy (non-hydrogen) atoms. The summed E-state index contributed by atoms with van der Waals surface area (Å²) in [6, 6.07) is 0. The molecule has 0 fully saturated rings. The predicted octanol–water partition coefficient (Wildman–Crippen LogP) is 2.18. The maximum absolute atomic E-state index is 11.1. The van der Waals surface area contributed by atoms with Crippen LogP contribution >= 0.6 is 0 Å². The highest BCUT2D eigenvalue weighted by Gasteiger charge is 1.95. The van der Waals surface area contributed by atoms with Gasteiger partial charge in [0.2, 0.25) is 5.91 Å². The molecule has 0 aromatic heterocycles. The number of carbonyl (C=O) groups excluding carboxylic acids is 1. The monoisotopic (exact) mass is 225 g/mol. The maximum atomic E-state index is 11.1. The van der Waals surface area contributed by atoms with Crippen molar-refractivity contribution in [2.75, 3.05) is 6.54 Å². The van der Waals surface area contributed by atoms with Gasteiger partial charge in [0.15, 0.2) is 0 Å². The van der Waals surface area contributed by atoms with Crippen molar-refractivity contribution in [3.63, 3.8) is 0 Å². The van der Waals surface area contributed by atoms with Gasteiger partial charge in [-0.3, -0.25) is 4.79 Å². The highest BCUT2D eigenvalue weighted by atomic mass is 16.3. The standard InChI is InChI=1S/C13H23NO2/c1-3-5-8-12(15)9-6-7-10-13(16)14-11-4-2/h6-7,9-10,12,15H,3-5,8,11H2,1-2H3,(H,14,16). The molecule has 0 heterocycles. The maximum Gasteiger partial charge on any atom is 0.243 e. The summed E-state index contributed by atoms with van der Waals surface area (Å²) in [5, 5.41) is 12.2. The number of carbonyl (C=O) groups is 1. The Hall–Kier alpha value is -1.09. The molecule has 0 aromatic carbocycles. The third kappa shape index (κ3) is 9.46. The van der Waals surface area contributed by atoms with Crippen LogP contribution in [0.4, 0.5) is 0 Å². The molecule has 0 aliphatic carbocycles. The molecule has 0 saturated heterocycles. The molecule has 3 heteroatoms. The first-order chi connectivity index (χ1) is 7.70. The van der Waals surface area contributed by atoms with Gasteiger partial charge < -0.3 is 10.4 Å². The fourth-order valence-electron chi connectivity index (χ4n) is 1.15. The summed E-state index contributed by atoms with van der Waals surface area (Å²) in [5.74, 6) is -0.0884. The van der Waals surface area contributed by atoms with Crippen LogP contribution in [0.5, 0.6) is 0 Å². The summed E-state index contributed by atoms with van der Waals surface area (Å²) in [6.45, 7) is 4.80. The zero-order valence-corrected chi connectivity index (χ0v) is 10.3. The lowest BCUT2D eigenvalue weighted by molar-refractivity contribution is -0.116. The predicted molar refractivity (Wildman–Crippen MR) is 67.1 cm³/mol. The van der Waals surface area contributed by atoms with Gasteiger partial charge in [0, 0.05) is 12.6 Å². The first kappa shape index (κ1) is 14.9. The van der Waals surface area contributed by atoms with Gasteiger partial charge in [0.25, 0.3) is 0 Å². The smallest absolute Gasteiger partial charge is 0.243 e. The Labute approximate surface area is 98.2 Å². The molecule has 0 saturated carbocycles. The van der Waals surface area contributed by atoms with Crippen molar-refractivity contribution in [1.29, 1.82) is 0 Å². The molecule has 1 amide bonds. The van der Waals surface area contributed by atoms with Gasteiger partial charge >= 0.3 is 0 Å². The van der Waals surface area contributed by atoms with Crippen molar-refractivity contribution in [1.82, 2.24) is 5.32 Å². The molecule has 0 aromatic rings. The van der Waals surface area contributed by atoms with E-state index in [0.29, 0.717) is 6.54 Å². The molecule has 0 rings (SSSR count). The van der Waals surface area contributed by atoms with Crippen LogP contribution in [0.15, 0.2) is 24.3 Å². The van der Waals surface area contributed by atoms with Gasteiger partial charge in [0.05, 0.1) is 6.10 Å². The highest BCUT2D eigenvalue weighted by Crippen LogP contribution is 2.01. The van der Waals surface area contributed by atoms with Crippen LogP contribution in [0.3, 0.4) is 0 Å². The second-order valence-electron chi connectivity index (χ2n) is 3.74. The Kier molecular flexibility index (Phi) is 9.72. The normalized spacial score (nSPS) is 13.4. The number of rotatable bonds is 8. The van der Waals surface area contributed by atoms with Crippen LogP contribution in [-0.4, -0.2) is 23.7 Å². The van der Waals surface area contributed by atoms with Crippen LogP contribution in [0.1, 0.15) is 39.5 Å². The summed E-state index contributed by atoms with van der Waals surface area (Å²) >= 11 is 0. The van der Waals surface area contributed by atoms with E-state index in [-0.39, 0.29) is 5.91 Å². The zero-order valence-electron chi connectivity index (χ0n) is 10.3. The van der Waals surface area contributed by atoms with Crippen LogP contribution < -0.4 is 5.32 Å². The minimum atomic E-state index is -0.400. The van der Waals surface area contributed by atoms with Gasteiger partial charge in [-0.25, -0.2) is 0 Å². The van der Waals surface area contributed by atoms with Gasteiger partial charge in [-0.2, -0.15) is 0 Å². The summed E-state index contributed by atoms with van der Waals surface area (Å²) in [6.07, 6.45) is 9.97. The summed E-state index contributed by atoms with van der Waals surface area (Å²) < 4.78 is 0. The second kappa shape index (κ2) is 10.4. The van der Waals surface area contributed by atoms with E-state index in [4.69, 9.17) is 0 Å². The molecule has 2 N–H and O–H groups in total. The second-order valence-corrected chi connectivity index (χ2v) is 3.74. The van der Waals surface area contributed by atoms with Gasteiger partial charge in [-0.05, 0) is 12.8 Å². The fraction of sp³-hybridized carbons (Fsp3) is 0.615. The third-order valence-corrected chi connectivity index (χ3v) is 2.09. The van der Waals surface area contributed by atoms with Crippen molar-refractivity contribution in [3.05, 3.63) is 24.3 Å². The minimum absolute atomic E-state index is 0.0884. The molecule has 92 valence electrons. The largest absolute Gasteiger partial charge is 0.389 e. The molecule has 1 atom stereocenters. The number of allylic oxidation sites excluding steroid dienone is 2. The average Bonchev–Trinajstić information content (AvgIpc) is 2.29. The quantitative estimate of drug-likeness (QED) is 0.491. The molecular formula is C13H23NO2. The molecule has 0 aliphatic rings. The minimum Gasteiger partial charge on any atom is -0.389 e. The molecule has 0 aliphatic heterocycles. The molecular weight excluding hydrogens is 202 g/mol. The molecule has 0 bridgehead atoms.